The fraction of sp³-hybridized carbons (Fsp3) is 0.308. The minimum Gasteiger partial charge on any atom is -0.303 e. The first-order valence-corrected chi connectivity index (χ1v) is 5.67. The molecule has 1 aromatic heterocycles. The molecule has 2 N–H and O–H groups in total. The molecule has 0 atom stereocenters. The van der Waals surface area contributed by atoms with Gasteiger partial charge in [-0.3, -0.25) is 15.1 Å². The first kappa shape index (κ1) is 12.3. The van der Waals surface area contributed by atoms with Crippen molar-refractivity contribution in [3.63, 3.8) is 0 Å². The molecule has 0 bridgehead atoms. The molecule has 1 aromatic rings. The van der Waals surface area contributed by atoms with E-state index in [-0.39, 0.29) is 11.1 Å². The number of nitrogens with zero attached hydrogens (tertiary/aromatic N) is 1. The van der Waals surface area contributed by atoms with Crippen molar-refractivity contribution in [3.8, 4) is 0 Å². The number of pyridine rings is 1. The van der Waals surface area contributed by atoms with E-state index in [9.17, 15) is 9.59 Å². The van der Waals surface area contributed by atoms with Crippen molar-refractivity contribution in [1.82, 2.24) is 15.6 Å². The van der Waals surface area contributed by atoms with Crippen LogP contribution in [0.4, 0.5) is 4.79 Å². The molecule has 0 aliphatic carbocycles. The molecule has 0 unspecified atom stereocenters. The summed E-state index contributed by atoms with van der Waals surface area (Å²) in [4.78, 5) is 26.6. The lowest BCUT2D eigenvalue weighted by Crippen LogP contribution is -2.22. The smallest absolute Gasteiger partial charge is 0.303 e. The minimum absolute atomic E-state index is 0.00930. The Hall–Kier alpha value is -2.17. The predicted molar refractivity (Wildman–Crippen MR) is 67.6 cm³/mol. The number of rotatable bonds is 1. The SMILES string of the molecule is CC(C)(C)c1ccc(C=C2NC(=O)NC2=O)cn1. The Morgan fingerprint density at radius 2 is 1.89 bits per heavy atom. The number of hydrogen-bond acceptors (Lipinski definition) is 3. The molecule has 5 nitrogen and oxygen atoms in total. The second-order valence-corrected chi connectivity index (χ2v) is 5.19. The maximum atomic E-state index is 11.3. The molecule has 94 valence electrons. The number of urea groups is 1. The summed E-state index contributed by atoms with van der Waals surface area (Å²) in [5.41, 5.74) is 1.98. The van der Waals surface area contributed by atoms with Crippen LogP contribution in [0.3, 0.4) is 0 Å². The maximum Gasteiger partial charge on any atom is 0.326 e. The molecule has 0 aromatic carbocycles. The fourth-order valence-corrected chi connectivity index (χ4v) is 1.58. The van der Waals surface area contributed by atoms with E-state index in [1.165, 1.54) is 0 Å². The lowest BCUT2D eigenvalue weighted by Gasteiger charge is -2.17. The van der Waals surface area contributed by atoms with Gasteiger partial charge >= 0.3 is 6.03 Å². The Kier molecular flexibility index (Phi) is 2.90. The third kappa shape index (κ3) is 2.56. The first-order chi connectivity index (χ1) is 8.36. The molecule has 1 fully saturated rings. The second kappa shape index (κ2) is 4.25. The van der Waals surface area contributed by atoms with E-state index >= 15 is 0 Å². The zero-order valence-electron chi connectivity index (χ0n) is 10.6. The van der Waals surface area contributed by atoms with Gasteiger partial charge in [0.1, 0.15) is 5.70 Å². The van der Waals surface area contributed by atoms with Gasteiger partial charge in [-0.15, -0.1) is 0 Å². The molecule has 2 rings (SSSR count). The van der Waals surface area contributed by atoms with Gasteiger partial charge < -0.3 is 5.32 Å². The van der Waals surface area contributed by atoms with Gasteiger partial charge in [0.25, 0.3) is 5.91 Å². The number of carbonyl (C=O) groups is 2. The van der Waals surface area contributed by atoms with Crippen LogP contribution in [-0.4, -0.2) is 16.9 Å². The lowest BCUT2D eigenvalue weighted by atomic mass is 9.91. The van der Waals surface area contributed by atoms with Crippen molar-refractivity contribution < 1.29 is 9.59 Å². The van der Waals surface area contributed by atoms with Gasteiger partial charge in [-0.1, -0.05) is 26.8 Å². The van der Waals surface area contributed by atoms with E-state index in [0.717, 1.165) is 11.3 Å². The van der Waals surface area contributed by atoms with Gasteiger partial charge in [0.2, 0.25) is 0 Å². The molecule has 5 heteroatoms. The highest BCUT2D eigenvalue weighted by atomic mass is 16.2. The van der Waals surface area contributed by atoms with Crippen LogP contribution in [0.15, 0.2) is 24.0 Å². The van der Waals surface area contributed by atoms with Crippen LogP contribution < -0.4 is 10.6 Å². The summed E-state index contributed by atoms with van der Waals surface area (Å²) in [6, 6.07) is 3.30. The van der Waals surface area contributed by atoms with E-state index in [2.05, 4.69) is 36.4 Å². The normalized spacial score (nSPS) is 17.8. The number of aromatic nitrogens is 1. The van der Waals surface area contributed by atoms with Gasteiger partial charge in [-0.2, -0.15) is 0 Å². The summed E-state index contributed by atoms with van der Waals surface area (Å²) < 4.78 is 0. The Balaban J connectivity index is 2.24. The third-order valence-electron chi connectivity index (χ3n) is 2.59. The summed E-state index contributed by atoms with van der Waals surface area (Å²) in [5, 5.41) is 4.58. The number of carbonyl (C=O) groups excluding carboxylic acids is 2. The molecule has 1 aliphatic rings. The second-order valence-electron chi connectivity index (χ2n) is 5.19. The van der Waals surface area contributed by atoms with E-state index in [0.29, 0.717) is 0 Å². The quantitative estimate of drug-likeness (QED) is 0.582. The zero-order chi connectivity index (χ0) is 13.3. The average molecular weight is 245 g/mol. The average Bonchev–Trinajstić information content (AvgIpc) is 2.57. The zero-order valence-corrected chi connectivity index (χ0v) is 10.6. The van der Waals surface area contributed by atoms with Gasteiger partial charge in [0, 0.05) is 17.3 Å². The van der Waals surface area contributed by atoms with Crippen LogP contribution in [-0.2, 0) is 10.2 Å². The maximum absolute atomic E-state index is 11.3. The summed E-state index contributed by atoms with van der Waals surface area (Å²) >= 11 is 0. The molecule has 0 spiro atoms. The van der Waals surface area contributed by atoms with E-state index in [1.807, 2.05) is 12.1 Å². The van der Waals surface area contributed by atoms with Crippen molar-refractivity contribution in [2.45, 2.75) is 26.2 Å². The van der Waals surface area contributed by atoms with Crippen molar-refractivity contribution in [1.29, 1.82) is 0 Å². The standard InChI is InChI=1S/C13H15N3O2/c1-13(2,3)10-5-4-8(7-14-10)6-9-11(17)16-12(18)15-9/h4-7H,1-3H3,(H2,15,16,17,18). The van der Waals surface area contributed by atoms with Crippen molar-refractivity contribution >= 4 is 18.0 Å². The van der Waals surface area contributed by atoms with Crippen LogP contribution in [0.2, 0.25) is 0 Å². The van der Waals surface area contributed by atoms with Crippen LogP contribution in [0.5, 0.6) is 0 Å². The summed E-state index contributed by atoms with van der Waals surface area (Å²) in [5.74, 6) is -0.417. The Morgan fingerprint density at radius 3 is 2.33 bits per heavy atom. The summed E-state index contributed by atoms with van der Waals surface area (Å²) in [7, 11) is 0. The monoisotopic (exact) mass is 245 g/mol. The van der Waals surface area contributed by atoms with E-state index < -0.39 is 11.9 Å². The Labute approximate surface area is 105 Å². The number of hydrogen-bond donors (Lipinski definition) is 2. The first-order valence-electron chi connectivity index (χ1n) is 5.67. The van der Waals surface area contributed by atoms with E-state index in [1.54, 1.807) is 12.3 Å². The van der Waals surface area contributed by atoms with Gasteiger partial charge in [-0.05, 0) is 17.7 Å². The van der Waals surface area contributed by atoms with Crippen LogP contribution in [0.1, 0.15) is 32.0 Å². The van der Waals surface area contributed by atoms with Crippen molar-refractivity contribution in [3.05, 3.63) is 35.3 Å². The van der Waals surface area contributed by atoms with Crippen molar-refractivity contribution in [2.75, 3.05) is 0 Å². The Morgan fingerprint density at radius 1 is 1.17 bits per heavy atom. The highest BCUT2D eigenvalue weighted by molar-refractivity contribution is 6.13. The molecular formula is C13H15N3O2. The molecular weight excluding hydrogens is 230 g/mol. The molecule has 1 saturated heterocycles. The molecule has 0 saturated carbocycles. The van der Waals surface area contributed by atoms with Crippen molar-refractivity contribution in [2.24, 2.45) is 0 Å². The molecule has 1 aliphatic heterocycles. The van der Waals surface area contributed by atoms with Gasteiger partial charge in [0.15, 0.2) is 0 Å². The van der Waals surface area contributed by atoms with Crippen LogP contribution in [0.25, 0.3) is 6.08 Å². The number of nitrogens with one attached hydrogen (secondary N) is 2. The molecule has 0 radical (unpaired) electrons. The Bertz CT molecular complexity index is 524. The lowest BCUT2D eigenvalue weighted by molar-refractivity contribution is -0.115. The fourth-order valence-electron chi connectivity index (χ4n) is 1.58. The predicted octanol–water partition coefficient (Wildman–Crippen LogP) is 1.56. The molecule has 2 heterocycles. The third-order valence-corrected chi connectivity index (χ3v) is 2.59. The largest absolute Gasteiger partial charge is 0.326 e. The highest BCUT2D eigenvalue weighted by Crippen LogP contribution is 2.20. The number of amides is 3. The minimum atomic E-state index is -0.495. The summed E-state index contributed by atoms with van der Waals surface area (Å²) in [6.07, 6.45) is 3.28. The van der Waals surface area contributed by atoms with E-state index in [4.69, 9.17) is 0 Å². The molecule has 3 amide bonds. The number of imide groups is 1. The molecule has 18 heavy (non-hydrogen) atoms. The topological polar surface area (TPSA) is 71.1 Å². The van der Waals surface area contributed by atoms with Crippen LogP contribution in [0, 0.1) is 0 Å². The summed E-state index contributed by atoms with van der Waals surface area (Å²) in [6.45, 7) is 6.24. The highest BCUT2D eigenvalue weighted by Gasteiger charge is 2.22. The van der Waals surface area contributed by atoms with Gasteiger partial charge in [-0.25, -0.2) is 4.79 Å². The van der Waals surface area contributed by atoms with Crippen LogP contribution >= 0.6 is 0 Å². The van der Waals surface area contributed by atoms with Gasteiger partial charge in [0.05, 0.1) is 0 Å².